The number of rotatable bonds is 3. The molecule has 0 spiro atoms. The number of para-hydroxylation sites is 2. The lowest BCUT2D eigenvalue weighted by Crippen LogP contribution is -1.91. The minimum Gasteiger partial charge on any atom is -0.507 e. The Kier molecular flexibility index (Phi) is 3.23. The lowest BCUT2D eigenvalue weighted by atomic mass is 10.1. The molecule has 5 nitrogen and oxygen atoms in total. The van der Waals surface area contributed by atoms with E-state index in [0.29, 0.717) is 17.8 Å². The third kappa shape index (κ3) is 2.53. The van der Waals surface area contributed by atoms with Crippen molar-refractivity contribution < 1.29 is 9.90 Å². The lowest BCUT2D eigenvalue weighted by Gasteiger charge is -2.03. The van der Waals surface area contributed by atoms with E-state index in [-0.39, 0.29) is 11.3 Å². The summed E-state index contributed by atoms with van der Waals surface area (Å²) in [5.74, 6) is 0.375. The number of aryl methyl sites for hydroxylation is 1. The number of aliphatic imine (C=N–C) groups is 1. The van der Waals surface area contributed by atoms with Gasteiger partial charge in [0, 0.05) is 11.8 Å². The zero-order chi connectivity index (χ0) is 14.8. The number of phenolic OH excluding ortho intramolecular Hbond substituents is 1. The van der Waals surface area contributed by atoms with Crippen LogP contribution >= 0.6 is 0 Å². The van der Waals surface area contributed by atoms with E-state index < -0.39 is 0 Å². The van der Waals surface area contributed by atoms with Gasteiger partial charge in [-0.05, 0) is 36.8 Å². The number of nitrogens with zero attached hydrogens (tertiary/aromatic N) is 2. The van der Waals surface area contributed by atoms with Crippen molar-refractivity contribution in [2.75, 3.05) is 0 Å². The van der Waals surface area contributed by atoms with Crippen molar-refractivity contribution in [3.05, 3.63) is 53.1 Å². The number of H-pyrrole nitrogens is 1. The Labute approximate surface area is 121 Å². The Hall–Kier alpha value is -2.95. The van der Waals surface area contributed by atoms with Gasteiger partial charge in [-0.15, -0.1) is 0 Å². The number of aromatic amines is 1. The Morgan fingerprint density at radius 1 is 1.24 bits per heavy atom. The van der Waals surface area contributed by atoms with Crippen molar-refractivity contribution in [1.29, 1.82) is 0 Å². The summed E-state index contributed by atoms with van der Waals surface area (Å²) in [6, 6.07) is 11.0. The molecule has 0 fully saturated rings. The molecule has 3 rings (SSSR count). The van der Waals surface area contributed by atoms with Crippen LogP contribution in [-0.4, -0.2) is 27.6 Å². The number of carbonyl (C=O) groups is 1. The first kappa shape index (κ1) is 13.1. The molecule has 1 heterocycles. The molecule has 0 unspecified atom stereocenters. The molecule has 0 saturated carbocycles. The summed E-state index contributed by atoms with van der Waals surface area (Å²) in [5, 5.41) is 9.98. The Morgan fingerprint density at radius 2 is 2.00 bits per heavy atom. The summed E-state index contributed by atoms with van der Waals surface area (Å²) < 4.78 is 0. The molecule has 0 saturated heterocycles. The zero-order valence-corrected chi connectivity index (χ0v) is 11.4. The van der Waals surface area contributed by atoms with E-state index in [1.54, 1.807) is 12.1 Å². The molecule has 21 heavy (non-hydrogen) atoms. The minimum atomic E-state index is -0.0736. The highest BCUT2D eigenvalue weighted by Gasteiger charge is 2.07. The average Bonchev–Trinajstić information content (AvgIpc) is 2.90. The van der Waals surface area contributed by atoms with Gasteiger partial charge in [-0.25, -0.2) is 9.98 Å². The van der Waals surface area contributed by atoms with Crippen LogP contribution in [-0.2, 0) is 0 Å². The number of benzene rings is 2. The molecule has 0 aliphatic carbocycles. The van der Waals surface area contributed by atoms with Crippen LogP contribution in [0.15, 0.2) is 41.4 Å². The molecule has 1 aromatic heterocycles. The lowest BCUT2D eigenvalue weighted by molar-refractivity contribution is 0.112. The summed E-state index contributed by atoms with van der Waals surface area (Å²) in [4.78, 5) is 22.5. The Morgan fingerprint density at radius 3 is 2.76 bits per heavy atom. The van der Waals surface area contributed by atoms with Gasteiger partial charge in [0.15, 0.2) is 6.29 Å². The van der Waals surface area contributed by atoms with Crippen molar-refractivity contribution in [2.24, 2.45) is 4.99 Å². The highest BCUT2D eigenvalue weighted by Crippen LogP contribution is 2.22. The highest BCUT2D eigenvalue weighted by molar-refractivity contribution is 5.91. The first-order valence-electron chi connectivity index (χ1n) is 6.45. The molecule has 0 radical (unpaired) electrons. The summed E-state index contributed by atoms with van der Waals surface area (Å²) in [7, 11) is 0. The maximum atomic E-state index is 10.9. The number of nitrogens with one attached hydrogen (secondary N) is 1. The van der Waals surface area contributed by atoms with E-state index in [4.69, 9.17) is 0 Å². The highest BCUT2D eigenvalue weighted by atomic mass is 16.3. The van der Waals surface area contributed by atoms with Crippen LogP contribution in [0, 0.1) is 6.92 Å². The summed E-state index contributed by atoms with van der Waals surface area (Å²) in [5.41, 5.74) is 3.33. The van der Waals surface area contributed by atoms with E-state index in [1.807, 2.05) is 31.2 Å². The molecule has 2 N–H and O–H groups in total. The number of aromatic nitrogens is 2. The third-order valence-electron chi connectivity index (χ3n) is 3.14. The molecule has 0 aliphatic rings. The quantitative estimate of drug-likeness (QED) is 0.571. The maximum absolute atomic E-state index is 10.9. The number of phenols is 1. The zero-order valence-electron chi connectivity index (χ0n) is 11.4. The second-order valence-corrected chi connectivity index (χ2v) is 4.75. The predicted molar refractivity (Wildman–Crippen MR) is 81.6 cm³/mol. The average molecular weight is 279 g/mol. The van der Waals surface area contributed by atoms with Gasteiger partial charge in [-0.3, -0.25) is 4.79 Å². The number of hydrogen-bond acceptors (Lipinski definition) is 4. The van der Waals surface area contributed by atoms with Crippen LogP contribution in [0.2, 0.25) is 0 Å². The largest absolute Gasteiger partial charge is 0.507 e. The number of aromatic hydroxyl groups is 1. The summed E-state index contributed by atoms with van der Waals surface area (Å²) in [6.45, 7) is 1.85. The topological polar surface area (TPSA) is 78.3 Å². The molecule has 0 bridgehead atoms. The fraction of sp³-hybridized carbons (Fsp3) is 0.0625. The Balaban J connectivity index is 1.99. The third-order valence-corrected chi connectivity index (χ3v) is 3.14. The van der Waals surface area contributed by atoms with Crippen molar-refractivity contribution in [3.63, 3.8) is 0 Å². The molecular formula is C16H13N3O2. The van der Waals surface area contributed by atoms with E-state index in [0.717, 1.165) is 16.6 Å². The van der Waals surface area contributed by atoms with Crippen LogP contribution in [0.3, 0.4) is 0 Å². The number of aldehydes is 1. The fourth-order valence-electron chi connectivity index (χ4n) is 2.16. The van der Waals surface area contributed by atoms with Crippen LogP contribution < -0.4 is 0 Å². The van der Waals surface area contributed by atoms with Gasteiger partial charge in [-0.2, -0.15) is 0 Å². The number of imidazole rings is 1. The van der Waals surface area contributed by atoms with E-state index >= 15 is 0 Å². The van der Waals surface area contributed by atoms with Crippen molar-refractivity contribution >= 4 is 29.5 Å². The second-order valence-electron chi connectivity index (χ2n) is 4.75. The Bertz CT molecular complexity index is 817. The van der Waals surface area contributed by atoms with E-state index in [2.05, 4.69) is 15.0 Å². The molecule has 0 atom stereocenters. The van der Waals surface area contributed by atoms with Crippen molar-refractivity contribution in [1.82, 2.24) is 9.97 Å². The van der Waals surface area contributed by atoms with Gasteiger partial charge in [0.1, 0.15) is 5.75 Å². The second kappa shape index (κ2) is 5.20. The van der Waals surface area contributed by atoms with E-state index in [1.165, 1.54) is 6.21 Å². The first-order valence-corrected chi connectivity index (χ1v) is 6.45. The van der Waals surface area contributed by atoms with Gasteiger partial charge in [0.2, 0.25) is 5.95 Å². The van der Waals surface area contributed by atoms with Crippen LogP contribution in [0.25, 0.3) is 11.0 Å². The maximum Gasteiger partial charge on any atom is 0.227 e. The SMILES string of the molecule is Cc1cc(C=O)c(O)c(/C=N/c2nc3ccccc3[nH]2)c1. The van der Waals surface area contributed by atoms with Crippen molar-refractivity contribution in [3.8, 4) is 5.75 Å². The van der Waals surface area contributed by atoms with Gasteiger partial charge in [0.05, 0.1) is 16.6 Å². The number of carbonyl (C=O) groups excluding carboxylic acids is 1. The van der Waals surface area contributed by atoms with Gasteiger partial charge >= 0.3 is 0 Å². The minimum absolute atomic E-state index is 0.0736. The molecule has 104 valence electrons. The summed E-state index contributed by atoms with van der Waals surface area (Å²) in [6.07, 6.45) is 2.12. The number of hydrogen-bond donors (Lipinski definition) is 2. The molecule has 0 amide bonds. The predicted octanol–water partition coefficient (Wildman–Crippen LogP) is 3.14. The van der Waals surface area contributed by atoms with Gasteiger partial charge in [0.25, 0.3) is 0 Å². The molecule has 0 aliphatic heterocycles. The molecule has 5 heteroatoms. The fourth-order valence-corrected chi connectivity index (χ4v) is 2.16. The molecular weight excluding hydrogens is 266 g/mol. The molecule has 2 aromatic carbocycles. The van der Waals surface area contributed by atoms with Crippen LogP contribution in [0.1, 0.15) is 21.5 Å². The smallest absolute Gasteiger partial charge is 0.227 e. The van der Waals surface area contributed by atoms with Crippen LogP contribution in [0.5, 0.6) is 5.75 Å². The number of fused-ring (bicyclic) bond motifs is 1. The molecule has 3 aromatic rings. The normalized spacial score (nSPS) is 11.3. The van der Waals surface area contributed by atoms with Crippen molar-refractivity contribution in [2.45, 2.75) is 6.92 Å². The monoisotopic (exact) mass is 279 g/mol. The van der Waals surface area contributed by atoms with Gasteiger partial charge in [-0.1, -0.05) is 12.1 Å². The van der Waals surface area contributed by atoms with Crippen LogP contribution in [0.4, 0.5) is 5.95 Å². The van der Waals surface area contributed by atoms with Gasteiger partial charge < -0.3 is 10.1 Å². The first-order chi connectivity index (χ1) is 10.2. The standard InChI is InChI=1S/C16H13N3O2/c1-10-6-11(15(21)12(7-10)9-20)8-17-16-18-13-4-2-3-5-14(13)19-16/h2-9,21H,1H3,(H,18,19)/b17-8+. The van der Waals surface area contributed by atoms with E-state index in [9.17, 15) is 9.90 Å². The summed E-state index contributed by atoms with van der Waals surface area (Å²) >= 11 is 0.